The van der Waals surface area contributed by atoms with Crippen molar-refractivity contribution < 1.29 is 4.74 Å². The molecule has 0 fully saturated rings. The molecule has 0 saturated carbocycles. The van der Waals surface area contributed by atoms with Gasteiger partial charge in [-0.15, -0.1) is 0 Å². The summed E-state index contributed by atoms with van der Waals surface area (Å²) in [6.45, 7) is 4.72. The van der Waals surface area contributed by atoms with E-state index in [1.165, 1.54) is 49.6 Å². The second-order valence-electron chi connectivity index (χ2n) is 18.3. The quantitative estimate of drug-likeness (QED) is 0.177. The monoisotopic (exact) mass is 844 g/mol. The molecule has 9 aromatic carbocycles. The summed E-state index contributed by atoms with van der Waals surface area (Å²) in [6.07, 6.45) is 0. The van der Waals surface area contributed by atoms with Gasteiger partial charge in [-0.25, -0.2) is 15.0 Å². The SMILES string of the molecule is CC1(C)c2ccccc2-c2cc3c4ccccc4n(-c4ccc5c(c4)-c4c(-c6nc(-c7ccccc7)nc(-c7ccccc7)n6)cccc4C54c5ccccc5Oc5ccccc54)c3cc21. The predicted molar refractivity (Wildman–Crippen MR) is 265 cm³/mol. The number of ether oxygens (including phenoxy) is 1. The Kier molecular flexibility index (Phi) is 7.60. The summed E-state index contributed by atoms with van der Waals surface area (Å²) >= 11 is 0. The van der Waals surface area contributed by atoms with Crippen LogP contribution in [0.3, 0.4) is 0 Å². The summed E-state index contributed by atoms with van der Waals surface area (Å²) in [6, 6.07) is 74.0. The minimum atomic E-state index is -0.695. The Bertz CT molecular complexity index is 3730. The van der Waals surface area contributed by atoms with Gasteiger partial charge in [0.1, 0.15) is 11.5 Å². The molecule has 3 heterocycles. The van der Waals surface area contributed by atoms with Crippen molar-refractivity contribution in [2.45, 2.75) is 24.7 Å². The van der Waals surface area contributed by atoms with Crippen LogP contribution in [0.4, 0.5) is 0 Å². The van der Waals surface area contributed by atoms with E-state index < -0.39 is 5.41 Å². The first-order chi connectivity index (χ1) is 32.5. The van der Waals surface area contributed by atoms with Crippen molar-refractivity contribution in [1.29, 1.82) is 0 Å². The zero-order valence-corrected chi connectivity index (χ0v) is 36.3. The van der Waals surface area contributed by atoms with Crippen molar-refractivity contribution in [3.05, 3.63) is 240 Å². The number of rotatable bonds is 4. The highest BCUT2D eigenvalue weighted by Gasteiger charge is 2.52. The van der Waals surface area contributed by atoms with Crippen molar-refractivity contribution in [3.63, 3.8) is 0 Å². The van der Waals surface area contributed by atoms with Crippen LogP contribution < -0.4 is 4.74 Å². The van der Waals surface area contributed by atoms with Crippen LogP contribution >= 0.6 is 0 Å². The van der Waals surface area contributed by atoms with Crippen molar-refractivity contribution in [1.82, 2.24) is 19.5 Å². The first kappa shape index (κ1) is 37.0. The van der Waals surface area contributed by atoms with Gasteiger partial charge in [0.15, 0.2) is 17.5 Å². The molecule has 1 aliphatic heterocycles. The van der Waals surface area contributed by atoms with Gasteiger partial charge in [-0.05, 0) is 87.0 Å². The lowest BCUT2D eigenvalue weighted by molar-refractivity contribution is 0.436. The Hall–Kier alpha value is -8.41. The molecular weight excluding hydrogens is 805 g/mol. The van der Waals surface area contributed by atoms with Gasteiger partial charge in [0, 0.05) is 49.7 Å². The van der Waals surface area contributed by atoms with Gasteiger partial charge in [0.25, 0.3) is 0 Å². The van der Waals surface area contributed by atoms with E-state index in [2.05, 4.69) is 188 Å². The second kappa shape index (κ2) is 13.6. The summed E-state index contributed by atoms with van der Waals surface area (Å²) in [4.78, 5) is 15.8. The molecule has 310 valence electrons. The summed E-state index contributed by atoms with van der Waals surface area (Å²) in [7, 11) is 0. The molecule has 0 unspecified atom stereocenters. The van der Waals surface area contributed by atoms with Crippen molar-refractivity contribution in [2.24, 2.45) is 0 Å². The summed E-state index contributed by atoms with van der Waals surface area (Å²) in [5.74, 6) is 3.58. The Labute approximate surface area is 382 Å². The first-order valence-electron chi connectivity index (χ1n) is 22.7. The van der Waals surface area contributed by atoms with E-state index in [4.69, 9.17) is 19.7 Å². The zero-order chi connectivity index (χ0) is 43.7. The van der Waals surface area contributed by atoms with E-state index in [0.717, 1.165) is 61.7 Å². The zero-order valence-electron chi connectivity index (χ0n) is 36.3. The molecule has 0 radical (unpaired) electrons. The molecule has 1 spiro atoms. The topological polar surface area (TPSA) is 52.8 Å². The van der Waals surface area contributed by atoms with Gasteiger partial charge in [-0.2, -0.15) is 0 Å². The largest absolute Gasteiger partial charge is 0.457 e. The van der Waals surface area contributed by atoms with Crippen LogP contribution in [0.5, 0.6) is 11.5 Å². The van der Waals surface area contributed by atoms with Gasteiger partial charge in [-0.3, -0.25) is 0 Å². The van der Waals surface area contributed by atoms with Crippen LogP contribution in [0, 0.1) is 0 Å². The number of hydrogen-bond donors (Lipinski definition) is 0. The van der Waals surface area contributed by atoms with Gasteiger partial charge in [0.2, 0.25) is 0 Å². The summed E-state index contributed by atoms with van der Waals surface area (Å²) < 4.78 is 9.24. The molecule has 0 N–H and O–H groups in total. The molecule has 2 aliphatic carbocycles. The molecular formula is C61H40N4O. The van der Waals surface area contributed by atoms with Crippen molar-refractivity contribution in [3.8, 4) is 73.6 Å². The minimum absolute atomic E-state index is 0.148. The van der Waals surface area contributed by atoms with Crippen LogP contribution in [0.15, 0.2) is 206 Å². The van der Waals surface area contributed by atoms with Gasteiger partial charge < -0.3 is 9.30 Å². The van der Waals surface area contributed by atoms with Crippen LogP contribution in [0.25, 0.3) is 83.9 Å². The molecule has 5 heteroatoms. The lowest BCUT2D eigenvalue weighted by Crippen LogP contribution is -2.32. The predicted octanol–water partition coefficient (Wildman–Crippen LogP) is 14.7. The first-order valence-corrected chi connectivity index (χ1v) is 22.7. The fourth-order valence-electron chi connectivity index (χ4n) is 11.6. The molecule has 3 aliphatic rings. The maximum Gasteiger partial charge on any atom is 0.164 e. The summed E-state index contributed by atoms with van der Waals surface area (Å²) in [5.41, 5.74) is 17.6. The van der Waals surface area contributed by atoms with E-state index in [1.54, 1.807) is 0 Å². The molecule has 11 aromatic rings. The highest BCUT2D eigenvalue weighted by atomic mass is 16.5. The van der Waals surface area contributed by atoms with Gasteiger partial charge in [0.05, 0.1) is 16.4 Å². The normalized spacial score (nSPS) is 14.3. The van der Waals surface area contributed by atoms with Gasteiger partial charge >= 0.3 is 0 Å². The maximum absolute atomic E-state index is 6.76. The Morgan fingerprint density at radius 1 is 0.379 bits per heavy atom. The highest BCUT2D eigenvalue weighted by molar-refractivity contribution is 6.12. The minimum Gasteiger partial charge on any atom is -0.457 e. The van der Waals surface area contributed by atoms with E-state index in [-0.39, 0.29) is 5.41 Å². The fourth-order valence-corrected chi connectivity index (χ4v) is 11.6. The standard InChI is InChI=1S/C61H40N4O/c1-60(2)46-25-11-9-22-40(46)43-35-44-41-23-10-14-29-52(41)65(53(44)36-51(43)60)39-32-33-47-45(34-39)56-42(59-63-57(37-18-5-3-6-19-37)62-58(64-59)38-20-7-4-8-21-38)24-17-28-50(56)61(47)48-26-12-15-30-54(48)66-55-31-16-13-27-49(55)61/h3-36H,1-2H3. The molecule has 0 amide bonds. The number of hydrogen-bond acceptors (Lipinski definition) is 4. The smallest absolute Gasteiger partial charge is 0.164 e. The number of fused-ring (bicyclic) bond motifs is 15. The lowest BCUT2D eigenvalue weighted by Gasteiger charge is -2.39. The Balaban J connectivity index is 1.08. The summed E-state index contributed by atoms with van der Waals surface area (Å²) in [5, 5.41) is 2.48. The third kappa shape index (κ3) is 4.97. The van der Waals surface area contributed by atoms with E-state index in [9.17, 15) is 0 Å². The Morgan fingerprint density at radius 2 is 0.955 bits per heavy atom. The molecule has 5 nitrogen and oxygen atoms in total. The molecule has 2 aromatic heterocycles. The van der Waals surface area contributed by atoms with E-state index in [1.807, 2.05) is 36.4 Å². The maximum atomic E-state index is 6.76. The Morgan fingerprint density at radius 3 is 1.67 bits per heavy atom. The fraction of sp³-hybridized carbons (Fsp3) is 0.0656. The average molecular weight is 845 g/mol. The molecule has 0 saturated heterocycles. The number of aromatic nitrogens is 4. The molecule has 0 bridgehead atoms. The van der Waals surface area contributed by atoms with Crippen LogP contribution in [-0.2, 0) is 10.8 Å². The van der Waals surface area contributed by atoms with Crippen LogP contribution in [-0.4, -0.2) is 19.5 Å². The van der Waals surface area contributed by atoms with E-state index in [0.29, 0.717) is 17.5 Å². The van der Waals surface area contributed by atoms with Crippen molar-refractivity contribution >= 4 is 21.8 Å². The number of para-hydroxylation sites is 3. The van der Waals surface area contributed by atoms with Gasteiger partial charge in [-0.1, -0.05) is 178 Å². The molecule has 66 heavy (non-hydrogen) atoms. The number of benzene rings is 9. The third-order valence-electron chi connectivity index (χ3n) is 14.5. The van der Waals surface area contributed by atoms with E-state index >= 15 is 0 Å². The second-order valence-corrected chi connectivity index (χ2v) is 18.3. The third-order valence-corrected chi connectivity index (χ3v) is 14.5. The highest BCUT2D eigenvalue weighted by Crippen LogP contribution is 2.63. The molecule has 0 atom stereocenters. The van der Waals surface area contributed by atoms with Crippen LogP contribution in [0.2, 0.25) is 0 Å². The van der Waals surface area contributed by atoms with Crippen LogP contribution in [0.1, 0.15) is 47.2 Å². The van der Waals surface area contributed by atoms with Crippen molar-refractivity contribution in [2.75, 3.05) is 0 Å². The molecule has 14 rings (SSSR count). The lowest BCUT2D eigenvalue weighted by atomic mass is 9.66. The number of nitrogens with zero attached hydrogens (tertiary/aromatic N) is 4. The average Bonchev–Trinajstić information content (AvgIpc) is 3.94.